The first-order valence-corrected chi connectivity index (χ1v) is 7.01. The Morgan fingerprint density at radius 2 is 1.85 bits per heavy atom. The van der Waals surface area contributed by atoms with Crippen molar-refractivity contribution < 1.29 is 22.7 Å². The van der Waals surface area contributed by atoms with Gasteiger partial charge in [0, 0.05) is 17.6 Å². The van der Waals surface area contributed by atoms with Crippen LogP contribution in [-0.4, -0.2) is 30.3 Å². The van der Waals surface area contributed by atoms with Gasteiger partial charge < -0.3 is 9.64 Å². The summed E-state index contributed by atoms with van der Waals surface area (Å²) in [6, 6.07) is 4.08. The number of halogens is 4. The maximum atomic E-state index is 12.4. The summed E-state index contributed by atoms with van der Waals surface area (Å²) in [4.78, 5) is 13.9. The van der Waals surface area contributed by atoms with Crippen LogP contribution < -0.4 is 4.74 Å². The number of amides is 1. The number of hydrogen-bond acceptors (Lipinski definition) is 2. The molecule has 1 heterocycles. The molecule has 0 aliphatic carbocycles. The van der Waals surface area contributed by atoms with Crippen molar-refractivity contribution in [1.29, 1.82) is 0 Å². The summed E-state index contributed by atoms with van der Waals surface area (Å²) in [5, 5.41) is 0. The minimum atomic E-state index is -4.82. The van der Waals surface area contributed by atoms with Crippen molar-refractivity contribution in [2.75, 3.05) is 13.1 Å². The summed E-state index contributed by atoms with van der Waals surface area (Å²) >= 11 is 3.13. The van der Waals surface area contributed by atoms with Gasteiger partial charge in [0.2, 0.25) is 0 Å². The van der Waals surface area contributed by atoms with Crippen LogP contribution in [0.25, 0.3) is 0 Å². The van der Waals surface area contributed by atoms with Crippen molar-refractivity contribution in [1.82, 2.24) is 4.90 Å². The van der Waals surface area contributed by atoms with Crippen LogP contribution in [0.2, 0.25) is 0 Å². The Balaban J connectivity index is 2.31. The lowest BCUT2D eigenvalue weighted by Gasteiger charge is -2.27. The zero-order valence-electron chi connectivity index (χ0n) is 10.5. The summed E-state index contributed by atoms with van der Waals surface area (Å²) < 4.78 is 41.4. The molecule has 7 heteroatoms. The average Bonchev–Trinajstić information content (AvgIpc) is 2.37. The van der Waals surface area contributed by atoms with Crippen LogP contribution in [-0.2, 0) is 0 Å². The number of likely N-dealkylation sites (tertiary alicyclic amines) is 1. The molecule has 0 bridgehead atoms. The van der Waals surface area contributed by atoms with Gasteiger partial charge in [-0.1, -0.05) is 6.07 Å². The molecule has 0 aromatic heterocycles. The molecule has 0 atom stereocenters. The van der Waals surface area contributed by atoms with Crippen molar-refractivity contribution in [3.05, 3.63) is 28.2 Å². The molecule has 1 amide bonds. The number of alkyl halides is 3. The van der Waals surface area contributed by atoms with Crippen molar-refractivity contribution in [2.24, 2.45) is 0 Å². The Hall–Kier alpha value is -1.24. The first kappa shape index (κ1) is 15.2. The molecule has 0 saturated carbocycles. The molecule has 0 radical (unpaired) electrons. The molecule has 1 aliphatic heterocycles. The number of benzene rings is 1. The third-order valence-electron chi connectivity index (χ3n) is 3.06. The second kappa shape index (κ2) is 6.03. The van der Waals surface area contributed by atoms with Crippen molar-refractivity contribution in [3.63, 3.8) is 0 Å². The maximum Gasteiger partial charge on any atom is 0.573 e. The van der Waals surface area contributed by atoms with E-state index in [1.807, 2.05) is 0 Å². The highest BCUT2D eigenvalue weighted by atomic mass is 79.9. The van der Waals surface area contributed by atoms with E-state index < -0.39 is 18.0 Å². The first-order valence-electron chi connectivity index (χ1n) is 6.22. The zero-order chi connectivity index (χ0) is 14.8. The molecular weight excluding hydrogens is 339 g/mol. The molecule has 0 N–H and O–H groups in total. The van der Waals surface area contributed by atoms with Gasteiger partial charge in [-0.2, -0.15) is 0 Å². The minimum Gasteiger partial charge on any atom is -0.405 e. The van der Waals surface area contributed by atoms with Crippen LogP contribution in [0.4, 0.5) is 13.2 Å². The number of hydrogen-bond donors (Lipinski definition) is 0. The highest BCUT2D eigenvalue weighted by Gasteiger charge is 2.34. The molecule has 3 nitrogen and oxygen atoms in total. The van der Waals surface area contributed by atoms with Gasteiger partial charge in [0.15, 0.2) is 0 Å². The predicted molar refractivity (Wildman–Crippen MR) is 70.6 cm³/mol. The largest absolute Gasteiger partial charge is 0.573 e. The average molecular weight is 352 g/mol. The Bertz CT molecular complexity index is 499. The van der Waals surface area contributed by atoms with Crippen molar-refractivity contribution in [2.45, 2.75) is 25.6 Å². The fourth-order valence-electron chi connectivity index (χ4n) is 2.18. The van der Waals surface area contributed by atoms with Gasteiger partial charge in [0.25, 0.3) is 5.91 Å². The van der Waals surface area contributed by atoms with E-state index in [1.54, 1.807) is 4.90 Å². The van der Waals surface area contributed by atoms with Crippen LogP contribution in [0, 0.1) is 0 Å². The third-order valence-corrected chi connectivity index (χ3v) is 3.72. The molecule has 1 saturated heterocycles. The first-order chi connectivity index (χ1) is 9.38. The smallest absolute Gasteiger partial charge is 0.405 e. The number of carbonyl (C=O) groups is 1. The maximum absolute atomic E-state index is 12.4. The van der Waals surface area contributed by atoms with Gasteiger partial charge in [-0.15, -0.1) is 13.2 Å². The van der Waals surface area contributed by atoms with Crippen LogP contribution in [0.1, 0.15) is 29.6 Å². The second-order valence-electron chi connectivity index (χ2n) is 4.51. The summed E-state index contributed by atoms with van der Waals surface area (Å²) in [6.45, 7) is 1.12. The Morgan fingerprint density at radius 3 is 2.45 bits per heavy atom. The van der Waals surface area contributed by atoms with Crippen LogP contribution in [0.5, 0.6) is 5.75 Å². The number of nitrogens with zero attached hydrogens (tertiary/aromatic N) is 1. The standard InChI is InChI=1S/C13H13BrF3NO2/c14-9-5-4-6-10(20-13(15,16)17)11(9)12(19)18-7-2-1-3-8-18/h4-6H,1-3,7-8H2. The lowest BCUT2D eigenvalue weighted by atomic mass is 10.1. The zero-order valence-corrected chi connectivity index (χ0v) is 12.1. The summed E-state index contributed by atoms with van der Waals surface area (Å²) in [5.41, 5.74) is -0.0771. The molecule has 1 fully saturated rings. The van der Waals surface area contributed by atoms with E-state index >= 15 is 0 Å². The molecule has 2 rings (SSSR count). The molecule has 1 aromatic carbocycles. The van der Waals surface area contributed by atoms with E-state index in [-0.39, 0.29) is 5.56 Å². The number of carbonyl (C=O) groups excluding carboxylic acids is 1. The van der Waals surface area contributed by atoms with E-state index in [2.05, 4.69) is 20.7 Å². The molecule has 1 aromatic rings. The second-order valence-corrected chi connectivity index (χ2v) is 5.37. The topological polar surface area (TPSA) is 29.5 Å². The fourth-order valence-corrected chi connectivity index (χ4v) is 2.69. The van der Waals surface area contributed by atoms with Gasteiger partial charge in [-0.25, -0.2) is 0 Å². The molecule has 0 spiro atoms. The molecule has 0 unspecified atom stereocenters. The van der Waals surface area contributed by atoms with Gasteiger partial charge >= 0.3 is 6.36 Å². The Labute approximate surface area is 122 Å². The number of ether oxygens (including phenoxy) is 1. The summed E-state index contributed by atoms with van der Waals surface area (Å²) in [5.74, 6) is -0.904. The number of rotatable bonds is 2. The quantitative estimate of drug-likeness (QED) is 0.806. The molecule has 20 heavy (non-hydrogen) atoms. The summed E-state index contributed by atoms with van der Waals surface area (Å²) in [7, 11) is 0. The SMILES string of the molecule is O=C(c1c(Br)cccc1OC(F)(F)F)N1CCCCC1. The van der Waals surface area contributed by atoms with Crippen LogP contribution in [0.3, 0.4) is 0 Å². The van der Waals surface area contributed by atoms with Crippen LogP contribution in [0.15, 0.2) is 22.7 Å². The van der Waals surface area contributed by atoms with Gasteiger partial charge in [-0.3, -0.25) is 4.79 Å². The van der Waals surface area contributed by atoms with Gasteiger partial charge in [-0.05, 0) is 47.3 Å². The highest BCUT2D eigenvalue weighted by Crippen LogP contribution is 2.32. The lowest BCUT2D eigenvalue weighted by Crippen LogP contribution is -2.36. The van der Waals surface area contributed by atoms with E-state index in [9.17, 15) is 18.0 Å². The van der Waals surface area contributed by atoms with E-state index in [4.69, 9.17) is 0 Å². The Kier molecular flexibility index (Phi) is 4.57. The fraction of sp³-hybridized carbons (Fsp3) is 0.462. The predicted octanol–water partition coefficient (Wildman–Crippen LogP) is 3.97. The van der Waals surface area contributed by atoms with Gasteiger partial charge in [0.1, 0.15) is 5.75 Å². The van der Waals surface area contributed by atoms with E-state index in [0.29, 0.717) is 17.6 Å². The van der Waals surface area contributed by atoms with Crippen molar-refractivity contribution in [3.8, 4) is 5.75 Å². The lowest BCUT2D eigenvalue weighted by molar-refractivity contribution is -0.274. The third kappa shape index (κ3) is 3.65. The normalized spacial score (nSPS) is 16.1. The van der Waals surface area contributed by atoms with E-state index in [1.165, 1.54) is 12.1 Å². The van der Waals surface area contributed by atoms with Crippen molar-refractivity contribution >= 4 is 21.8 Å². The summed E-state index contributed by atoms with van der Waals surface area (Å²) in [6.07, 6.45) is -2.05. The number of piperidine rings is 1. The monoisotopic (exact) mass is 351 g/mol. The highest BCUT2D eigenvalue weighted by molar-refractivity contribution is 9.10. The molecule has 1 aliphatic rings. The Morgan fingerprint density at radius 1 is 1.20 bits per heavy atom. The van der Waals surface area contributed by atoms with Gasteiger partial charge in [0.05, 0.1) is 5.56 Å². The minimum absolute atomic E-state index is 0.0771. The molecule has 110 valence electrons. The van der Waals surface area contributed by atoms with Crippen LogP contribution >= 0.6 is 15.9 Å². The van der Waals surface area contributed by atoms with E-state index in [0.717, 1.165) is 25.3 Å². The molecular formula is C13H13BrF3NO2.